The monoisotopic (exact) mass is 237 g/mol. The lowest BCUT2D eigenvalue weighted by molar-refractivity contribution is -0.139. The van der Waals surface area contributed by atoms with E-state index in [0.29, 0.717) is 5.75 Å². The maximum absolute atomic E-state index is 11.7. The fourth-order valence-electron chi connectivity index (χ4n) is 1.54. The van der Waals surface area contributed by atoms with Crippen molar-refractivity contribution in [1.29, 1.82) is 0 Å². The Labute approximate surface area is 99.8 Å². The molecule has 0 saturated carbocycles. The number of rotatable bonds is 4. The van der Waals surface area contributed by atoms with Gasteiger partial charge in [-0.05, 0) is 12.1 Å². The molecule has 1 aliphatic heterocycles. The molecule has 86 valence electrons. The van der Waals surface area contributed by atoms with Crippen LogP contribution in [0.25, 0.3) is 0 Å². The lowest BCUT2D eigenvalue weighted by atomic mass is 10.2. The second kappa shape index (κ2) is 5.37. The van der Waals surface area contributed by atoms with Gasteiger partial charge in [-0.2, -0.15) is 0 Å². The minimum absolute atomic E-state index is 0.196. The SMILES string of the molecule is COC1CN(C(=O)CSc2ccccc2)C1. The van der Waals surface area contributed by atoms with Crippen molar-refractivity contribution in [1.82, 2.24) is 4.90 Å². The van der Waals surface area contributed by atoms with Crippen LogP contribution in [0.4, 0.5) is 0 Å². The van der Waals surface area contributed by atoms with Gasteiger partial charge in [0.25, 0.3) is 0 Å². The number of ether oxygens (including phenoxy) is 1. The van der Waals surface area contributed by atoms with Crippen molar-refractivity contribution < 1.29 is 9.53 Å². The van der Waals surface area contributed by atoms with Gasteiger partial charge in [-0.25, -0.2) is 0 Å². The molecule has 1 aromatic carbocycles. The highest BCUT2D eigenvalue weighted by Gasteiger charge is 2.29. The molecule has 0 N–H and O–H groups in total. The number of hydrogen-bond donors (Lipinski definition) is 0. The Morgan fingerprint density at radius 3 is 2.75 bits per heavy atom. The lowest BCUT2D eigenvalue weighted by Gasteiger charge is -2.38. The molecule has 0 spiro atoms. The van der Waals surface area contributed by atoms with Crippen LogP contribution >= 0.6 is 11.8 Å². The fourth-order valence-corrected chi connectivity index (χ4v) is 2.37. The largest absolute Gasteiger partial charge is 0.378 e. The third-order valence-corrected chi connectivity index (χ3v) is 3.64. The average molecular weight is 237 g/mol. The molecule has 0 aromatic heterocycles. The van der Waals surface area contributed by atoms with Crippen molar-refractivity contribution in [3.05, 3.63) is 30.3 Å². The van der Waals surface area contributed by atoms with Gasteiger partial charge in [0.2, 0.25) is 5.91 Å². The summed E-state index contributed by atoms with van der Waals surface area (Å²) in [7, 11) is 1.69. The van der Waals surface area contributed by atoms with Crippen molar-refractivity contribution >= 4 is 17.7 Å². The van der Waals surface area contributed by atoms with E-state index in [1.54, 1.807) is 18.9 Å². The molecule has 1 aliphatic rings. The smallest absolute Gasteiger partial charge is 0.233 e. The highest BCUT2D eigenvalue weighted by molar-refractivity contribution is 8.00. The van der Waals surface area contributed by atoms with E-state index in [9.17, 15) is 4.79 Å². The Balaban J connectivity index is 1.73. The van der Waals surface area contributed by atoms with E-state index in [1.165, 1.54) is 0 Å². The first-order chi connectivity index (χ1) is 7.79. The molecular formula is C12H15NO2S. The molecule has 0 bridgehead atoms. The Hall–Kier alpha value is -1.00. The van der Waals surface area contributed by atoms with E-state index in [0.717, 1.165) is 18.0 Å². The molecule has 3 nitrogen and oxygen atoms in total. The fraction of sp³-hybridized carbons (Fsp3) is 0.417. The van der Waals surface area contributed by atoms with E-state index < -0.39 is 0 Å². The van der Waals surface area contributed by atoms with Gasteiger partial charge >= 0.3 is 0 Å². The Morgan fingerprint density at radius 2 is 2.12 bits per heavy atom. The summed E-state index contributed by atoms with van der Waals surface area (Å²) in [5.74, 6) is 0.711. The zero-order chi connectivity index (χ0) is 11.4. The molecule has 0 radical (unpaired) electrons. The summed E-state index contributed by atoms with van der Waals surface area (Å²) in [4.78, 5) is 14.7. The van der Waals surface area contributed by atoms with E-state index in [1.807, 2.05) is 35.2 Å². The van der Waals surface area contributed by atoms with Crippen molar-refractivity contribution in [3.8, 4) is 0 Å². The maximum Gasteiger partial charge on any atom is 0.233 e. The number of carbonyl (C=O) groups excluding carboxylic acids is 1. The molecule has 1 aromatic rings. The predicted molar refractivity (Wildman–Crippen MR) is 64.5 cm³/mol. The van der Waals surface area contributed by atoms with Gasteiger partial charge in [0.15, 0.2) is 0 Å². The number of likely N-dealkylation sites (tertiary alicyclic amines) is 1. The first-order valence-electron chi connectivity index (χ1n) is 5.28. The molecule has 1 amide bonds. The van der Waals surface area contributed by atoms with Crippen molar-refractivity contribution in [2.24, 2.45) is 0 Å². The van der Waals surface area contributed by atoms with E-state index in [-0.39, 0.29) is 12.0 Å². The van der Waals surface area contributed by atoms with Crippen LogP contribution in [0.15, 0.2) is 35.2 Å². The van der Waals surface area contributed by atoms with Crippen LogP contribution in [-0.4, -0.2) is 42.9 Å². The van der Waals surface area contributed by atoms with Gasteiger partial charge in [-0.1, -0.05) is 18.2 Å². The van der Waals surface area contributed by atoms with Crippen LogP contribution < -0.4 is 0 Å². The number of carbonyl (C=O) groups is 1. The summed E-state index contributed by atoms with van der Waals surface area (Å²) in [5.41, 5.74) is 0. The second-order valence-electron chi connectivity index (χ2n) is 3.76. The molecule has 0 aliphatic carbocycles. The summed E-state index contributed by atoms with van der Waals surface area (Å²) in [6, 6.07) is 9.98. The molecule has 1 fully saturated rings. The second-order valence-corrected chi connectivity index (χ2v) is 4.81. The van der Waals surface area contributed by atoms with E-state index in [2.05, 4.69) is 0 Å². The van der Waals surface area contributed by atoms with Crippen LogP contribution in [0.2, 0.25) is 0 Å². The molecule has 16 heavy (non-hydrogen) atoms. The van der Waals surface area contributed by atoms with Gasteiger partial charge in [0.1, 0.15) is 0 Å². The summed E-state index contributed by atoms with van der Waals surface area (Å²) in [5, 5.41) is 0. The highest BCUT2D eigenvalue weighted by atomic mass is 32.2. The van der Waals surface area contributed by atoms with E-state index in [4.69, 9.17) is 4.74 Å². The summed E-state index contributed by atoms with van der Waals surface area (Å²) >= 11 is 1.58. The number of amides is 1. The van der Waals surface area contributed by atoms with Crippen LogP contribution in [0.5, 0.6) is 0 Å². The van der Waals surface area contributed by atoms with Crippen LogP contribution in [0, 0.1) is 0 Å². The number of hydrogen-bond acceptors (Lipinski definition) is 3. The standard InChI is InChI=1S/C12H15NO2S/c1-15-10-7-13(8-10)12(14)9-16-11-5-3-2-4-6-11/h2-6,10H,7-9H2,1H3. The number of methoxy groups -OCH3 is 1. The van der Waals surface area contributed by atoms with Gasteiger partial charge in [-0.3, -0.25) is 4.79 Å². The van der Waals surface area contributed by atoms with Crippen molar-refractivity contribution in [2.75, 3.05) is 26.0 Å². The van der Waals surface area contributed by atoms with Crippen LogP contribution in [0.1, 0.15) is 0 Å². The Bertz CT molecular complexity index is 349. The molecule has 2 rings (SSSR count). The minimum Gasteiger partial charge on any atom is -0.378 e. The average Bonchev–Trinajstić information content (AvgIpc) is 2.26. The summed E-state index contributed by atoms with van der Waals surface area (Å²) in [6.45, 7) is 1.48. The Morgan fingerprint density at radius 1 is 1.44 bits per heavy atom. The lowest BCUT2D eigenvalue weighted by Crippen LogP contribution is -2.54. The van der Waals surface area contributed by atoms with Gasteiger partial charge in [-0.15, -0.1) is 11.8 Å². The maximum atomic E-state index is 11.7. The molecule has 1 heterocycles. The van der Waals surface area contributed by atoms with Crippen LogP contribution in [0.3, 0.4) is 0 Å². The zero-order valence-electron chi connectivity index (χ0n) is 9.26. The normalized spacial score (nSPS) is 15.9. The molecule has 4 heteroatoms. The first kappa shape index (κ1) is 11.5. The first-order valence-corrected chi connectivity index (χ1v) is 6.26. The molecule has 0 unspecified atom stereocenters. The summed E-state index contributed by atoms with van der Waals surface area (Å²) < 4.78 is 5.13. The quantitative estimate of drug-likeness (QED) is 0.746. The predicted octanol–water partition coefficient (Wildman–Crippen LogP) is 1.64. The van der Waals surface area contributed by atoms with Gasteiger partial charge in [0, 0.05) is 25.1 Å². The topological polar surface area (TPSA) is 29.5 Å². The van der Waals surface area contributed by atoms with Crippen molar-refractivity contribution in [2.45, 2.75) is 11.0 Å². The number of thioether (sulfide) groups is 1. The summed E-state index contributed by atoms with van der Waals surface area (Å²) in [6.07, 6.45) is 0.241. The Kier molecular flexibility index (Phi) is 3.85. The van der Waals surface area contributed by atoms with Crippen LogP contribution in [-0.2, 0) is 9.53 Å². The molecule has 1 saturated heterocycles. The highest BCUT2D eigenvalue weighted by Crippen LogP contribution is 2.19. The minimum atomic E-state index is 0.196. The van der Waals surface area contributed by atoms with Gasteiger partial charge in [0.05, 0.1) is 11.9 Å². The third kappa shape index (κ3) is 2.77. The zero-order valence-corrected chi connectivity index (χ0v) is 10.1. The van der Waals surface area contributed by atoms with Crippen molar-refractivity contribution in [3.63, 3.8) is 0 Å². The molecule has 0 atom stereocenters. The third-order valence-electron chi connectivity index (χ3n) is 2.64. The van der Waals surface area contributed by atoms with E-state index >= 15 is 0 Å². The van der Waals surface area contributed by atoms with Gasteiger partial charge < -0.3 is 9.64 Å². The molecular weight excluding hydrogens is 222 g/mol. The number of benzene rings is 1. The number of nitrogens with zero attached hydrogens (tertiary/aromatic N) is 1.